The Bertz CT molecular complexity index is 337. The van der Waals surface area contributed by atoms with Crippen LogP contribution in [0.4, 0.5) is 0 Å². The molecule has 0 saturated heterocycles. The number of nitrogens with zero attached hydrogens (tertiary/aromatic N) is 3. The van der Waals surface area contributed by atoms with Crippen molar-refractivity contribution < 1.29 is 0 Å². The van der Waals surface area contributed by atoms with Gasteiger partial charge in [0.1, 0.15) is 5.15 Å². The van der Waals surface area contributed by atoms with Crippen molar-refractivity contribution in [1.29, 1.82) is 0 Å². The lowest BCUT2D eigenvalue weighted by atomic mass is 10.3. The van der Waals surface area contributed by atoms with Gasteiger partial charge >= 0.3 is 0 Å². The lowest BCUT2D eigenvalue weighted by Gasteiger charge is -2.19. The number of aromatic nitrogens is 1. The Hall–Kier alpha value is -0.740. The van der Waals surface area contributed by atoms with Gasteiger partial charge in [0.2, 0.25) is 0 Å². The van der Waals surface area contributed by atoms with Crippen LogP contribution in [0.25, 0.3) is 0 Å². The van der Waals surface area contributed by atoms with E-state index in [1.807, 2.05) is 19.4 Å². The maximum Gasteiger partial charge on any atom is 0.158 e. The molecule has 0 radical (unpaired) electrons. The summed E-state index contributed by atoms with van der Waals surface area (Å²) in [5.41, 5.74) is 1.12. The lowest BCUT2D eigenvalue weighted by Crippen LogP contribution is -2.23. The zero-order chi connectivity index (χ0) is 11.3. The molecule has 0 unspecified atom stereocenters. The first-order valence-corrected chi connectivity index (χ1v) is 6.10. The molecule has 0 atom stereocenters. The Morgan fingerprint density at radius 2 is 2.33 bits per heavy atom. The summed E-state index contributed by atoms with van der Waals surface area (Å²) in [7, 11) is 3.80. The molecule has 0 fully saturated rings. The molecule has 1 aromatic heterocycles. The van der Waals surface area contributed by atoms with Gasteiger partial charge in [-0.3, -0.25) is 4.99 Å². The van der Waals surface area contributed by atoms with Crippen LogP contribution in [0, 0.1) is 0 Å². The molecule has 0 amide bonds. The fourth-order valence-corrected chi connectivity index (χ4v) is 1.93. The SMILES string of the molecule is CN=C(SC)N(C)Cc1ccc(Cl)nc1. The minimum atomic E-state index is 0.524. The van der Waals surface area contributed by atoms with Crippen LogP contribution in [0.15, 0.2) is 23.3 Å². The number of aliphatic imine (C=N–C) groups is 1. The summed E-state index contributed by atoms with van der Waals surface area (Å²) in [5.74, 6) is 0. The predicted molar refractivity (Wildman–Crippen MR) is 67.6 cm³/mol. The molecule has 1 aromatic rings. The Labute approximate surface area is 99.6 Å². The van der Waals surface area contributed by atoms with Gasteiger partial charge in [-0.25, -0.2) is 4.98 Å². The molecular formula is C10H14ClN3S. The van der Waals surface area contributed by atoms with E-state index in [1.165, 1.54) is 0 Å². The number of halogens is 1. The van der Waals surface area contributed by atoms with E-state index < -0.39 is 0 Å². The van der Waals surface area contributed by atoms with Crippen LogP contribution < -0.4 is 0 Å². The quantitative estimate of drug-likeness (QED) is 0.454. The smallest absolute Gasteiger partial charge is 0.158 e. The second-order valence-electron chi connectivity index (χ2n) is 3.06. The summed E-state index contributed by atoms with van der Waals surface area (Å²) in [4.78, 5) is 10.3. The highest BCUT2D eigenvalue weighted by molar-refractivity contribution is 8.13. The van der Waals surface area contributed by atoms with Gasteiger partial charge in [0.05, 0.1) is 0 Å². The number of hydrogen-bond donors (Lipinski definition) is 0. The van der Waals surface area contributed by atoms with Crippen molar-refractivity contribution in [2.24, 2.45) is 4.99 Å². The molecule has 0 spiro atoms. The second kappa shape index (κ2) is 5.98. The predicted octanol–water partition coefficient (Wildman–Crippen LogP) is 2.52. The fourth-order valence-electron chi connectivity index (χ4n) is 1.26. The Balaban J connectivity index is 2.65. The van der Waals surface area contributed by atoms with Crippen molar-refractivity contribution in [3.05, 3.63) is 29.0 Å². The van der Waals surface area contributed by atoms with Crippen molar-refractivity contribution in [3.63, 3.8) is 0 Å². The number of pyridine rings is 1. The van der Waals surface area contributed by atoms with Crippen molar-refractivity contribution in [2.75, 3.05) is 20.4 Å². The highest BCUT2D eigenvalue weighted by Gasteiger charge is 2.04. The van der Waals surface area contributed by atoms with Crippen LogP contribution in [0.2, 0.25) is 5.15 Å². The maximum absolute atomic E-state index is 5.71. The van der Waals surface area contributed by atoms with E-state index in [1.54, 1.807) is 31.1 Å². The first-order chi connectivity index (χ1) is 7.17. The van der Waals surface area contributed by atoms with Gasteiger partial charge in [-0.1, -0.05) is 29.4 Å². The van der Waals surface area contributed by atoms with Gasteiger partial charge in [0, 0.05) is 26.8 Å². The lowest BCUT2D eigenvalue weighted by molar-refractivity contribution is 0.509. The van der Waals surface area contributed by atoms with Crippen molar-refractivity contribution >= 4 is 28.5 Å². The maximum atomic E-state index is 5.71. The molecule has 0 aliphatic rings. The Kier molecular flexibility index (Phi) is 4.91. The summed E-state index contributed by atoms with van der Waals surface area (Å²) in [5, 5.41) is 1.53. The first kappa shape index (κ1) is 12.3. The van der Waals surface area contributed by atoms with Gasteiger partial charge in [0.25, 0.3) is 0 Å². The van der Waals surface area contributed by atoms with Gasteiger partial charge in [0.15, 0.2) is 5.17 Å². The third-order valence-electron chi connectivity index (χ3n) is 1.91. The molecule has 5 heteroatoms. The van der Waals surface area contributed by atoms with Crippen LogP contribution in [-0.2, 0) is 6.54 Å². The molecule has 0 aliphatic heterocycles. The van der Waals surface area contributed by atoms with E-state index in [0.29, 0.717) is 5.15 Å². The third kappa shape index (κ3) is 3.72. The van der Waals surface area contributed by atoms with Gasteiger partial charge < -0.3 is 4.90 Å². The highest BCUT2D eigenvalue weighted by atomic mass is 35.5. The van der Waals surface area contributed by atoms with Crippen LogP contribution in [0.3, 0.4) is 0 Å². The molecular weight excluding hydrogens is 230 g/mol. The summed E-state index contributed by atoms with van der Waals surface area (Å²) in [6.07, 6.45) is 3.80. The standard InChI is InChI=1S/C10H14ClN3S/c1-12-10(15-3)14(2)7-8-4-5-9(11)13-6-8/h4-6H,7H2,1-3H3. The fraction of sp³-hybridized carbons (Fsp3) is 0.400. The van der Waals surface area contributed by atoms with E-state index in [-0.39, 0.29) is 0 Å². The monoisotopic (exact) mass is 243 g/mol. The highest BCUT2D eigenvalue weighted by Crippen LogP contribution is 2.10. The Morgan fingerprint density at radius 3 is 2.80 bits per heavy atom. The largest absolute Gasteiger partial charge is 0.350 e. The minimum absolute atomic E-state index is 0.524. The van der Waals surface area contributed by atoms with Crippen LogP contribution in [0.1, 0.15) is 5.56 Å². The molecule has 0 saturated carbocycles. The van der Waals surface area contributed by atoms with Crippen LogP contribution in [-0.4, -0.2) is 35.4 Å². The second-order valence-corrected chi connectivity index (χ2v) is 4.22. The average Bonchev–Trinajstić information content (AvgIpc) is 2.23. The van der Waals surface area contributed by atoms with Gasteiger partial charge in [-0.15, -0.1) is 0 Å². The van der Waals surface area contributed by atoms with Gasteiger partial charge in [-0.05, 0) is 17.9 Å². The Morgan fingerprint density at radius 1 is 1.60 bits per heavy atom. The third-order valence-corrected chi connectivity index (χ3v) is 2.99. The van der Waals surface area contributed by atoms with E-state index >= 15 is 0 Å². The summed E-state index contributed by atoms with van der Waals surface area (Å²) < 4.78 is 0. The molecule has 0 aromatic carbocycles. The van der Waals surface area contributed by atoms with Gasteiger partial charge in [-0.2, -0.15) is 0 Å². The average molecular weight is 244 g/mol. The normalized spacial score (nSPS) is 11.6. The molecule has 1 rings (SSSR count). The molecule has 82 valence electrons. The molecule has 1 heterocycles. The van der Waals surface area contributed by atoms with E-state index in [2.05, 4.69) is 14.9 Å². The topological polar surface area (TPSA) is 28.5 Å². The molecule has 0 N–H and O–H groups in total. The number of amidine groups is 1. The summed E-state index contributed by atoms with van der Waals surface area (Å²) in [6.45, 7) is 0.789. The molecule has 3 nitrogen and oxygen atoms in total. The summed E-state index contributed by atoms with van der Waals surface area (Å²) >= 11 is 7.34. The van der Waals surface area contributed by atoms with E-state index in [4.69, 9.17) is 11.6 Å². The zero-order valence-electron chi connectivity index (χ0n) is 9.07. The van der Waals surface area contributed by atoms with Crippen LogP contribution >= 0.6 is 23.4 Å². The van der Waals surface area contributed by atoms with Crippen molar-refractivity contribution in [2.45, 2.75) is 6.54 Å². The zero-order valence-corrected chi connectivity index (χ0v) is 10.6. The molecule has 0 bridgehead atoms. The van der Waals surface area contributed by atoms with E-state index in [0.717, 1.165) is 17.3 Å². The van der Waals surface area contributed by atoms with Crippen molar-refractivity contribution in [3.8, 4) is 0 Å². The van der Waals surface area contributed by atoms with Crippen LogP contribution in [0.5, 0.6) is 0 Å². The summed E-state index contributed by atoms with van der Waals surface area (Å²) in [6, 6.07) is 3.77. The number of thioether (sulfide) groups is 1. The molecule has 15 heavy (non-hydrogen) atoms. The van der Waals surface area contributed by atoms with E-state index in [9.17, 15) is 0 Å². The molecule has 0 aliphatic carbocycles. The number of hydrogen-bond acceptors (Lipinski definition) is 3. The minimum Gasteiger partial charge on any atom is -0.350 e. The first-order valence-electron chi connectivity index (χ1n) is 4.49. The van der Waals surface area contributed by atoms with Crippen molar-refractivity contribution in [1.82, 2.24) is 9.88 Å². The number of rotatable bonds is 2.